The van der Waals surface area contributed by atoms with E-state index in [0.29, 0.717) is 6.42 Å². The van der Waals surface area contributed by atoms with Gasteiger partial charge < -0.3 is 9.58 Å². The molecule has 5 nitrogen and oxygen atoms in total. The van der Waals surface area contributed by atoms with E-state index in [9.17, 15) is 9.59 Å². The molecule has 0 N–H and O–H groups in total. The summed E-state index contributed by atoms with van der Waals surface area (Å²) in [4.78, 5) is 31.6. The van der Waals surface area contributed by atoms with Crippen molar-refractivity contribution in [3.63, 3.8) is 0 Å². The van der Waals surface area contributed by atoms with Crippen LogP contribution >= 0.6 is 0 Å². The molecule has 0 aliphatic heterocycles. The second kappa shape index (κ2) is 5.83. The maximum Gasteiger partial charge on any atom is 0.316 e. The van der Waals surface area contributed by atoms with E-state index in [1.54, 1.807) is 25.4 Å². The highest BCUT2D eigenvalue weighted by Gasteiger charge is 2.50. The molecule has 20 heavy (non-hydrogen) atoms. The molecule has 1 heterocycles. The first-order valence-electron chi connectivity index (χ1n) is 6.61. The van der Waals surface area contributed by atoms with Gasteiger partial charge >= 0.3 is 5.97 Å². The Morgan fingerprint density at radius 3 is 3.05 bits per heavy atom. The maximum atomic E-state index is 11.9. The number of Topliss-reactive ketones (excluding diaryl/α,β-unsaturated/α-hetero) is 1. The van der Waals surface area contributed by atoms with Gasteiger partial charge in [0.2, 0.25) is 0 Å². The molecule has 5 heteroatoms. The Morgan fingerprint density at radius 2 is 2.45 bits per heavy atom. The lowest BCUT2D eigenvalue weighted by Gasteiger charge is -2.29. The van der Waals surface area contributed by atoms with Crippen molar-refractivity contribution in [1.82, 2.24) is 4.98 Å². The molecule has 104 valence electrons. The molecule has 0 amide bonds. The van der Waals surface area contributed by atoms with Crippen molar-refractivity contribution in [2.75, 3.05) is 6.61 Å². The molecular weight excluding hydrogens is 256 g/mol. The highest BCUT2D eigenvalue weighted by molar-refractivity contribution is 5.99. The van der Waals surface area contributed by atoms with Crippen molar-refractivity contribution < 1.29 is 14.3 Å². The summed E-state index contributed by atoms with van der Waals surface area (Å²) in [6.45, 7) is 9.45. The highest BCUT2D eigenvalue weighted by atomic mass is 16.5. The molecule has 1 aromatic rings. The Hall–Kier alpha value is -2.22. The van der Waals surface area contributed by atoms with E-state index in [1.165, 1.54) is 0 Å². The first kappa shape index (κ1) is 14.2. The molecule has 0 aromatic carbocycles. The molecule has 1 aliphatic carbocycles. The van der Waals surface area contributed by atoms with Gasteiger partial charge in [-0.15, -0.1) is 0 Å². The quantitative estimate of drug-likeness (QED) is 0.480. The molecule has 1 saturated carbocycles. The second-order valence-electron chi connectivity index (χ2n) is 4.86. The number of ketones is 1. The van der Waals surface area contributed by atoms with E-state index in [-0.39, 0.29) is 25.2 Å². The molecule has 2 unspecified atom stereocenters. The van der Waals surface area contributed by atoms with E-state index in [0.717, 1.165) is 5.56 Å². The molecule has 1 aliphatic rings. The summed E-state index contributed by atoms with van der Waals surface area (Å²) < 4.78 is 4.95. The smallest absolute Gasteiger partial charge is 0.316 e. The number of nitrogens with zero attached hydrogens (tertiary/aromatic N) is 2. The Kier molecular flexibility index (Phi) is 4.14. The van der Waals surface area contributed by atoms with Crippen LogP contribution in [0.5, 0.6) is 0 Å². The van der Waals surface area contributed by atoms with Crippen molar-refractivity contribution >= 4 is 11.8 Å². The van der Waals surface area contributed by atoms with Gasteiger partial charge in [-0.25, -0.2) is 6.57 Å². The Balaban J connectivity index is 2.31. The zero-order valence-electron chi connectivity index (χ0n) is 11.3. The first-order chi connectivity index (χ1) is 9.63. The van der Waals surface area contributed by atoms with E-state index >= 15 is 0 Å². The van der Waals surface area contributed by atoms with E-state index in [2.05, 4.69) is 9.83 Å². The number of hydrogen-bond donors (Lipinski definition) is 0. The van der Waals surface area contributed by atoms with E-state index < -0.39 is 17.4 Å². The van der Waals surface area contributed by atoms with E-state index in [1.807, 2.05) is 6.07 Å². The van der Waals surface area contributed by atoms with Crippen LogP contribution in [-0.2, 0) is 19.9 Å². The van der Waals surface area contributed by atoms with Gasteiger partial charge in [0, 0.05) is 25.2 Å². The van der Waals surface area contributed by atoms with Crippen molar-refractivity contribution in [3.05, 3.63) is 41.5 Å². The Morgan fingerprint density at radius 1 is 1.65 bits per heavy atom. The number of rotatable bonds is 3. The highest BCUT2D eigenvalue weighted by Crippen LogP contribution is 2.42. The van der Waals surface area contributed by atoms with Crippen molar-refractivity contribution in [1.29, 1.82) is 0 Å². The van der Waals surface area contributed by atoms with Crippen LogP contribution in [0.2, 0.25) is 0 Å². The number of pyridine rings is 1. The lowest BCUT2D eigenvalue weighted by Crippen LogP contribution is -2.39. The number of aromatic nitrogens is 1. The summed E-state index contributed by atoms with van der Waals surface area (Å²) in [5.74, 6) is -1.49. The number of carbonyl (C=O) groups excluding carboxylic acids is 2. The van der Waals surface area contributed by atoms with Crippen molar-refractivity contribution in [2.45, 2.75) is 31.7 Å². The van der Waals surface area contributed by atoms with Gasteiger partial charge in [-0.3, -0.25) is 14.6 Å². The summed E-state index contributed by atoms with van der Waals surface area (Å²) >= 11 is 0. The monoisotopic (exact) mass is 272 g/mol. The lowest BCUT2D eigenvalue weighted by atomic mass is 9.72. The normalized spacial score (nSPS) is 25.8. The number of ether oxygens (including phenoxy) is 1. The van der Waals surface area contributed by atoms with Gasteiger partial charge in [0.05, 0.1) is 18.6 Å². The standard InChI is InChI=1S/C15H16N2O3/c1-3-20-14(19)12-9-15(16-2,7-6-13(12)18)11-5-4-8-17-10-11/h4-5,8,10,12H,3,6-7,9H2,1H3. The summed E-state index contributed by atoms with van der Waals surface area (Å²) in [5.41, 5.74) is -0.0867. The number of esters is 1. The van der Waals surface area contributed by atoms with E-state index in [4.69, 9.17) is 11.3 Å². The third-order valence-corrected chi connectivity index (χ3v) is 3.70. The minimum absolute atomic E-state index is 0.133. The zero-order valence-corrected chi connectivity index (χ0v) is 11.3. The van der Waals surface area contributed by atoms with Gasteiger partial charge in [-0.1, -0.05) is 0 Å². The molecule has 0 saturated heterocycles. The van der Waals surface area contributed by atoms with Crippen LogP contribution in [0, 0.1) is 12.5 Å². The average Bonchev–Trinajstić information content (AvgIpc) is 2.49. The molecule has 0 radical (unpaired) electrons. The van der Waals surface area contributed by atoms with Crippen LogP contribution in [-0.4, -0.2) is 23.3 Å². The van der Waals surface area contributed by atoms with Gasteiger partial charge in [0.15, 0.2) is 0 Å². The Bertz CT molecular complexity index is 550. The first-order valence-corrected chi connectivity index (χ1v) is 6.61. The predicted molar refractivity (Wildman–Crippen MR) is 71.5 cm³/mol. The topological polar surface area (TPSA) is 60.6 Å². The van der Waals surface area contributed by atoms with Crippen LogP contribution in [0.3, 0.4) is 0 Å². The lowest BCUT2D eigenvalue weighted by molar-refractivity contribution is -0.153. The zero-order chi connectivity index (χ0) is 14.6. The molecule has 1 aromatic heterocycles. The van der Waals surface area contributed by atoms with Crippen LogP contribution < -0.4 is 0 Å². The molecule has 0 bridgehead atoms. The molecule has 1 fully saturated rings. The van der Waals surface area contributed by atoms with Crippen LogP contribution in [0.15, 0.2) is 24.5 Å². The second-order valence-corrected chi connectivity index (χ2v) is 4.86. The number of carbonyl (C=O) groups is 2. The van der Waals surface area contributed by atoms with Crippen molar-refractivity contribution in [2.24, 2.45) is 5.92 Å². The maximum absolute atomic E-state index is 11.9. The minimum Gasteiger partial charge on any atom is -0.465 e. The summed E-state index contributed by atoms with van der Waals surface area (Å²) in [7, 11) is 0. The third kappa shape index (κ3) is 2.55. The van der Waals surface area contributed by atoms with Crippen LogP contribution in [0.4, 0.5) is 0 Å². The summed E-state index contributed by atoms with van der Waals surface area (Å²) in [6.07, 6.45) is 4.10. The fourth-order valence-electron chi connectivity index (χ4n) is 2.58. The van der Waals surface area contributed by atoms with Gasteiger partial charge in [0.25, 0.3) is 5.54 Å². The third-order valence-electron chi connectivity index (χ3n) is 3.70. The van der Waals surface area contributed by atoms with Gasteiger partial charge in [-0.2, -0.15) is 0 Å². The molecule has 2 atom stereocenters. The van der Waals surface area contributed by atoms with Gasteiger partial charge in [-0.05, 0) is 19.1 Å². The predicted octanol–water partition coefficient (Wildman–Crippen LogP) is 2.13. The van der Waals surface area contributed by atoms with Crippen LogP contribution in [0.1, 0.15) is 31.7 Å². The Labute approximate surface area is 117 Å². The fourth-order valence-corrected chi connectivity index (χ4v) is 2.58. The SMILES string of the molecule is [C-]#[N+]C1(c2cccnc2)CCC(=O)C(C(=O)OCC)C1. The average molecular weight is 272 g/mol. The largest absolute Gasteiger partial charge is 0.465 e. The molecular formula is C15H16N2O3. The summed E-state index contributed by atoms with van der Waals surface area (Å²) in [6, 6.07) is 3.58. The fraction of sp³-hybridized carbons (Fsp3) is 0.467. The van der Waals surface area contributed by atoms with Crippen LogP contribution in [0.25, 0.3) is 4.85 Å². The number of hydrogen-bond acceptors (Lipinski definition) is 4. The van der Waals surface area contributed by atoms with Gasteiger partial charge in [0.1, 0.15) is 11.7 Å². The summed E-state index contributed by atoms with van der Waals surface area (Å²) in [5, 5.41) is 0. The van der Waals surface area contributed by atoms with Crippen molar-refractivity contribution in [3.8, 4) is 0 Å². The molecule has 2 rings (SSSR count). The molecule has 0 spiro atoms. The minimum atomic E-state index is -0.848.